The smallest absolute Gasteiger partial charge is 0.0934 e. The maximum Gasteiger partial charge on any atom is 0.0934 e. The van der Waals surface area contributed by atoms with Crippen molar-refractivity contribution in [3.05, 3.63) is 64.8 Å². The number of hydrogen-bond donors (Lipinski definition) is 0. The van der Waals surface area contributed by atoms with Crippen molar-refractivity contribution in [3.8, 4) is 11.3 Å². The van der Waals surface area contributed by atoms with Gasteiger partial charge in [-0.05, 0) is 62.4 Å². The molecule has 1 aliphatic rings. The maximum atomic E-state index is 6.08. The van der Waals surface area contributed by atoms with Crippen LogP contribution >= 0.6 is 15.9 Å². The first kappa shape index (κ1) is 21.1. The number of nitrogens with zero attached hydrogens (tertiary/aromatic N) is 3. The Morgan fingerprint density at radius 1 is 1.27 bits per heavy atom. The van der Waals surface area contributed by atoms with E-state index in [2.05, 4.69) is 83.2 Å². The molecule has 0 radical (unpaired) electrons. The van der Waals surface area contributed by atoms with E-state index in [4.69, 9.17) is 9.84 Å². The number of pyridine rings is 1. The lowest BCUT2D eigenvalue weighted by Gasteiger charge is -2.41. The third-order valence-electron chi connectivity index (χ3n) is 6.22. The number of aromatic nitrogens is 2. The van der Waals surface area contributed by atoms with Crippen LogP contribution < -0.4 is 4.90 Å². The van der Waals surface area contributed by atoms with Crippen LogP contribution in [0.1, 0.15) is 37.8 Å². The summed E-state index contributed by atoms with van der Waals surface area (Å²) in [7, 11) is 0. The van der Waals surface area contributed by atoms with Crippen LogP contribution in [0.15, 0.2) is 53.7 Å². The zero-order valence-electron chi connectivity index (χ0n) is 18.1. The SMILES string of the molecule is C=CCOC1(C)CCN(c2c(CC)c(C)cn3nc(-c4cccc(Br)c4)cc23)CC1. The highest BCUT2D eigenvalue weighted by Crippen LogP contribution is 2.36. The second-order valence-electron chi connectivity index (χ2n) is 8.40. The summed E-state index contributed by atoms with van der Waals surface area (Å²) < 4.78 is 9.20. The van der Waals surface area contributed by atoms with Crippen LogP contribution in [-0.2, 0) is 11.2 Å². The number of ether oxygens (including phenoxy) is 1. The van der Waals surface area contributed by atoms with Gasteiger partial charge in [0.15, 0.2) is 0 Å². The third-order valence-corrected chi connectivity index (χ3v) is 6.71. The van der Waals surface area contributed by atoms with Crippen molar-refractivity contribution in [1.29, 1.82) is 0 Å². The molecular weight excluding hydrogens is 438 g/mol. The molecule has 5 heteroatoms. The summed E-state index contributed by atoms with van der Waals surface area (Å²) >= 11 is 3.58. The van der Waals surface area contributed by atoms with Crippen LogP contribution in [-0.4, -0.2) is 34.9 Å². The minimum absolute atomic E-state index is 0.0705. The van der Waals surface area contributed by atoms with Crippen molar-refractivity contribution >= 4 is 27.1 Å². The van der Waals surface area contributed by atoms with Crippen molar-refractivity contribution in [3.63, 3.8) is 0 Å². The number of halogens is 1. The molecule has 1 aromatic carbocycles. The van der Waals surface area contributed by atoms with Gasteiger partial charge in [0.1, 0.15) is 0 Å². The molecule has 0 bridgehead atoms. The van der Waals surface area contributed by atoms with Gasteiger partial charge in [0.2, 0.25) is 0 Å². The van der Waals surface area contributed by atoms with Crippen molar-refractivity contribution in [2.75, 3.05) is 24.6 Å². The van der Waals surface area contributed by atoms with Crippen LogP contribution in [0, 0.1) is 6.92 Å². The van der Waals surface area contributed by atoms with Gasteiger partial charge >= 0.3 is 0 Å². The highest BCUT2D eigenvalue weighted by atomic mass is 79.9. The maximum absolute atomic E-state index is 6.08. The zero-order chi connectivity index (χ0) is 21.3. The van der Waals surface area contributed by atoms with E-state index in [0.717, 1.165) is 48.1 Å². The first-order valence-corrected chi connectivity index (χ1v) is 11.5. The molecule has 0 amide bonds. The van der Waals surface area contributed by atoms with Crippen LogP contribution in [0.25, 0.3) is 16.8 Å². The van der Waals surface area contributed by atoms with E-state index in [1.54, 1.807) is 0 Å². The predicted molar refractivity (Wildman–Crippen MR) is 128 cm³/mol. The normalized spacial score (nSPS) is 16.2. The van der Waals surface area contributed by atoms with Gasteiger partial charge in [0, 0.05) is 29.3 Å². The van der Waals surface area contributed by atoms with E-state index in [1.165, 1.54) is 22.3 Å². The van der Waals surface area contributed by atoms with E-state index >= 15 is 0 Å². The molecule has 1 saturated heterocycles. The molecule has 1 aliphatic heterocycles. The minimum atomic E-state index is -0.0705. The third kappa shape index (κ3) is 4.06. The molecule has 4 nitrogen and oxygen atoms in total. The molecule has 2 aromatic heterocycles. The molecular formula is C25H30BrN3O. The summed E-state index contributed by atoms with van der Waals surface area (Å²) in [5, 5.41) is 4.92. The first-order chi connectivity index (χ1) is 14.4. The number of aryl methyl sites for hydroxylation is 1. The van der Waals surface area contributed by atoms with E-state index in [1.807, 2.05) is 12.1 Å². The van der Waals surface area contributed by atoms with E-state index < -0.39 is 0 Å². The monoisotopic (exact) mass is 467 g/mol. The Hall–Kier alpha value is -2.11. The van der Waals surface area contributed by atoms with Crippen molar-refractivity contribution < 1.29 is 4.74 Å². The summed E-state index contributed by atoms with van der Waals surface area (Å²) in [5.41, 5.74) is 7.28. The van der Waals surface area contributed by atoms with Crippen molar-refractivity contribution in [1.82, 2.24) is 9.61 Å². The molecule has 0 unspecified atom stereocenters. The Kier molecular flexibility index (Phi) is 6.03. The fraction of sp³-hybridized carbons (Fsp3) is 0.400. The van der Waals surface area contributed by atoms with Gasteiger partial charge in [-0.3, -0.25) is 0 Å². The largest absolute Gasteiger partial charge is 0.371 e. The second kappa shape index (κ2) is 8.56. The van der Waals surface area contributed by atoms with Gasteiger partial charge in [0.05, 0.1) is 29.1 Å². The molecule has 0 N–H and O–H groups in total. The summed E-state index contributed by atoms with van der Waals surface area (Å²) in [6, 6.07) is 10.6. The Morgan fingerprint density at radius 2 is 2.03 bits per heavy atom. The fourth-order valence-electron chi connectivity index (χ4n) is 4.47. The number of rotatable bonds is 6. The van der Waals surface area contributed by atoms with E-state index in [0.29, 0.717) is 6.61 Å². The van der Waals surface area contributed by atoms with E-state index in [9.17, 15) is 0 Å². The minimum Gasteiger partial charge on any atom is -0.371 e. The lowest BCUT2D eigenvalue weighted by molar-refractivity contribution is -0.0334. The lowest BCUT2D eigenvalue weighted by atomic mass is 9.92. The van der Waals surface area contributed by atoms with Gasteiger partial charge in [-0.2, -0.15) is 5.10 Å². The Bertz CT molecular complexity index is 1060. The molecule has 0 atom stereocenters. The average Bonchev–Trinajstić information content (AvgIpc) is 3.16. The number of fused-ring (bicyclic) bond motifs is 1. The standard InChI is InChI=1S/C25H30BrN3O/c1-5-14-30-25(4)10-12-28(13-11-25)24-21(6-2)18(3)17-29-23(24)16-22(27-29)19-8-7-9-20(26)15-19/h5,7-9,15-17H,1,6,10-14H2,2-4H3. The van der Waals surface area contributed by atoms with Crippen LogP contribution in [0.3, 0.4) is 0 Å². The van der Waals surface area contributed by atoms with Gasteiger partial charge in [-0.1, -0.05) is 41.1 Å². The molecule has 1 fully saturated rings. The van der Waals surface area contributed by atoms with Crippen LogP contribution in [0.4, 0.5) is 5.69 Å². The topological polar surface area (TPSA) is 29.8 Å². The summed E-state index contributed by atoms with van der Waals surface area (Å²) in [6.07, 6.45) is 7.04. The average molecular weight is 468 g/mol. The van der Waals surface area contributed by atoms with Crippen LogP contribution in [0.5, 0.6) is 0 Å². The van der Waals surface area contributed by atoms with Crippen molar-refractivity contribution in [2.24, 2.45) is 0 Å². The Morgan fingerprint density at radius 3 is 2.70 bits per heavy atom. The van der Waals surface area contributed by atoms with Crippen LogP contribution in [0.2, 0.25) is 0 Å². The summed E-state index contributed by atoms with van der Waals surface area (Å²) in [6.45, 7) is 13.0. The van der Waals surface area contributed by atoms with Gasteiger partial charge in [-0.25, -0.2) is 4.52 Å². The van der Waals surface area contributed by atoms with Gasteiger partial charge < -0.3 is 9.64 Å². The number of hydrogen-bond acceptors (Lipinski definition) is 3. The lowest BCUT2D eigenvalue weighted by Crippen LogP contribution is -2.44. The highest BCUT2D eigenvalue weighted by Gasteiger charge is 2.32. The summed E-state index contributed by atoms with van der Waals surface area (Å²) in [5.74, 6) is 0. The molecule has 30 heavy (non-hydrogen) atoms. The zero-order valence-corrected chi connectivity index (χ0v) is 19.7. The van der Waals surface area contributed by atoms with Gasteiger partial charge in [0.25, 0.3) is 0 Å². The molecule has 0 aliphatic carbocycles. The number of anilines is 1. The highest BCUT2D eigenvalue weighted by molar-refractivity contribution is 9.10. The molecule has 0 spiro atoms. The predicted octanol–water partition coefficient (Wildman–Crippen LogP) is 6.20. The molecule has 3 aromatic rings. The number of benzene rings is 1. The molecule has 0 saturated carbocycles. The molecule has 4 rings (SSSR count). The van der Waals surface area contributed by atoms with E-state index in [-0.39, 0.29) is 5.60 Å². The Labute approximate surface area is 187 Å². The second-order valence-corrected chi connectivity index (χ2v) is 9.31. The quantitative estimate of drug-likeness (QED) is 0.404. The van der Waals surface area contributed by atoms with Gasteiger partial charge in [-0.15, -0.1) is 6.58 Å². The first-order valence-electron chi connectivity index (χ1n) is 10.7. The van der Waals surface area contributed by atoms with Crippen molar-refractivity contribution in [2.45, 2.75) is 45.6 Å². The number of piperidine rings is 1. The Balaban J connectivity index is 1.74. The fourth-order valence-corrected chi connectivity index (χ4v) is 4.87. The molecule has 158 valence electrons. The summed E-state index contributed by atoms with van der Waals surface area (Å²) in [4.78, 5) is 2.53. The molecule has 3 heterocycles.